The number of hydrogen-bond acceptors (Lipinski definition) is 2. The van der Waals surface area contributed by atoms with Crippen LogP contribution < -0.4 is 0 Å². The number of benzene rings is 1. The molecule has 82 valence electrons. The van der Waals surface area contributed by atoms with Crippen molar-refractivity contribution >= 4 is 5.97 Å². The number of phenols is 1. The summed E-state index contributed by atoms with van der Waals surface area (Å²) in [6.45, 7) is 5.63. The molecule has 1 unspecified atom stereocenters. The van der Waals surface area contributed by atoms with E-state index in [2.05, 4.69) is 0 Å². The lowest BCUT2D eigenvalue weighted by Crippen LogP contribution is -2.08. The van der Waals surface area contributed by atoms with E-state index in [9.17, 15) is 9.90 Å². The molecule has 0 bridgehead atoms. The van der Waals surface area contributed by atoms with E-state index < -0.39 is 11.9 Å². The summed E-state index contributed by atoms with van der Waals surface area (Å²) in [5.41, 5.74) is 1.52. The van der Waals surface area contributed by atoms with Crippen LogP contribution in [0, 0.1) is 0 Å². The fourth-order valence-corrected chi connectivity index (χ4v) is 1.41. The van der Waals surface area contributed by atoms with Crippen LogP contribution in [0.2, 0.25) is 0 Å². The summed E-state index contributed by atoms with van der Waals surface area (Å²) in [4.78, 5) is 10.8. The van der Waals surface area contributed by atoms with Gasteiger partial charge in [-0.3, -0.25) is 4.79 Å². The maximum Gasteiger partial charge on any atom is 0.310 e. The van der Waals surface area contributed by atoms with E-state index in [1.54, 1.807) is 19.1 Å². The molecule has 0 aromatic heterocycles. The molecule has 0 saturated carbocycles. The lowest BCUT2D eigenvalue weighted by molar-refractivity contribution is -0.138. The summed E-state index contributed by atoms with van der Waals surface area (Å²) in [7, 11) is 0. The van der Waals surface area contributed by atoms with Crippen LogP contribution in [0.1, 0.15) is 43.7 Å². The Kier molecular flexibility index (Phi) is 3.35. The zero-order valence-electron chi connectivity index (χ0n) is 9.19. The van der Waals surface area contributed by atoms with Gasteiger partial charge in [0.05, 0.1) is 5.92 Å². The Morgan fingerprint density at radius 2 is 1.87 bits per heavy atom. The first-order valence-corrected chi connectivity index (χ1v) is 4.99. The Labute approximate surface area is 89.4 Å². The molecule has 2 N–H and O–H groups in total. The van der Waals surface area contributed by atoms with Gasteiger partial charge in [0.1, 0.15) is 5.75 Å². The van der Waals surface area contributed by atoms with E-state index in [1.807, 2.05) is 19.9 Å². The van der Waals surface area contributed by atoms with Gasteiger partial charge in [-0.15, -0.1) is 0 Å². The molecule has 0 spiro atoms. The number of hydrogen-bond donors (Lipinski definition) is 2. The van der Waals surface area contributed by atoms with Crippen molar-refractivity contribution < 1.29 is 15.0 Å². The second-order valence-electron chi connectivity index (χ2n) is 4.03. The van der Waals surface area contributed by atoms with E-state index in [4.69, 9.17) is 5.11 Å². The van der Waals surface area contributed by atoms with Crippen LogP contribution in [0.3, 0.4) is 0 Å². The number of carboxylic acid groups (broad SMARTS) is 1. The fourth-order valence-electron chi connectivity index (χ4n) is 1.41. The summed E-state index contributed by atoms with van der Waals surface area (Å²) in [6, 6.07) is 5.14. The molecular formula is C12H16O3. The summed E-state index contributed by atoms with van der Waals surface area (Å²) in [5.74, 6) is -1.23. The molecule has 15 heavy (non-hydrogen) atoms. The van der Waals surface area contributed by atoms with Crippen molar-refractivity contribution in [3.8, 4) is 5.75 Å². The van der Waals surface area contributed by atoms with Gasteiger partial charge in [-0.2, -0.15) is 0 Å². The summed E-state index contributed by atoms with van der Waals surface area (Å²) < 4.78 is 0. The molecule has 3 heteroatoms. The molecule has 0 fully saturated rings. The highest BCUT2D eigenvalue weighted by atomic mass is 16.4. The van der Waals surface area contributed by atoms with Crippen molar-refractivity contribution in [2.75, 3.05) is 0 Å². The third-order valence-corrected chi connectivity index (χ3v) is 2.56. The van der Waals surface area contributed by atoms with Gasteiger partial charge < -0.3 is 10.2 Å². The molecule has 0 saturated heterocycles. The van der Waals surface area contributed by atoms with E-state index in [0.717, 1.165) is 5.56 Å². The van der Waals surface area contributed by atoms with Crippen LogP contribution in [0.15, 0.2) is 18.2 Å². The fraction of sp³-hybridized carbons (Fsp3) is 0.417. The van der Waals surface area contributed by atoms with E-state index >= 15 is 0 Å². The standard InChI is InChI=1S/C12H16O3/c1-7(2)9-4-5-11(13)10(6-9)8(3)12(14)15/h4-8,13H,1-3H3,(H,14,15). The second-order valence-corrected chi connectivity index (χ2v) is 4.03. The van der Waals surface area contributed by atoms with Crippen molar-refractivity contribution in [1.29, 1.82) is 0 Å². The molecule has 0 aliphatic rings. The monoisotopic (exact) mass is 208 g/mol. The molecule has 1 aromatic carbocycles. The predicted molar refractivity (Wildman–Crippen MR) is 58.2 cm³/mol. The predicted octanol–water partition coefficient (Wildman–Crippen LogP) is 2.70. The maximum absolute atomic E-state index is 10.8. The Bertz CT molecular complexity index is 369. The molecule has 1 rings (SSSR count). The molecule has 0 amide bonds. The van der Waals surface area contributed by atoms with Gasteiger partial charge in [0.25, 0.3) is 0 Å². The number of phenolic OH excluding ortho intramolecular Hbond substituents is 1. The normalized spacial score (nSPS) is 12.8. The zero-order chi connectivity index (χ0) is 11.6. The minimum atomic E-state index is -0.925. The van der Waals surface area contributed by atoms with Gasteiger partial charge in [-0.1, -0.05) is 26.0 Å². The summed E-state index contributed by atoms with van der Waals surface area (Å²) >= 11 is 0. The number of rotatable bonds is 3. The number of aromatic hydroxyl groups is 1. The first-order valence-electron chi connectivity index (χ1n) is 4.99. The minimum Gasteiger partial charge on any atom is -0.508 e. The number of carboxylic acids is 1. The Hall–Kier alpha value is -1.51. The summed E-state index contributed by atoms with van der Waals surface area (Å²) in [6.07, 6.45) is 0. The van der Waals surface area contributed by atoms with Crippen LogP contribution in [-0.4, -0.2) is 16.2 Å². The first kappa shape index (κ1) is 11.6. The van der Waals surface area contributed by atoms with Gasteiger partial charge in [0.15, 0.2) is 0 Å². The maximum atomic E-state index is 10.8. The van der Waals surface area contributed by atoms with Crippen molar-refractivity contribution in [3.05, 3.63) is 29.3 Å². The molecule has 0 radical (unpaired) electrons. The van der Waals surface area contributed by atoms with Gasteiger partial charge in [-0.05, 0) is 24.5 Å². The van der Waals surface area contributed by atoms with Crippen LogP contribution in [0.4, 0.5) is 0 Å². The van der Waals surface area contributed by atoms with E-state index in [1.165, 1.54) is 0 Å². The van der Waals surface area contributed by atoms with Crippen molar-refractivity contribution in [3.63, 3.8) is 0 Å². The molecular weight excluding hydrogens is 192 g/mol. The Balaban J connectivity index is 3.16. The molecule has 0 aliphatic carbocycles. The summed E-state index contributed by atoms with van der Waals surface area (Å²) in [5, 5.41) is 18.5. The average molecular weight is 208 g/mol. The topological polar surface area (TPSA) is 57.5 Å². The molecule has 3 nitrogen and oxygen atoms in total. The van der Waals surface area contributed by atoms with Gasteiger partial charge in [0, 0.05) is 5.56 Å². The second kappa shape index (κ2) is 4.34. The quantitative estimate of drug-likeness (QED) is 0.802. The first-order chi connectivity index (χ1) is 6.93. The highest BCUT2D eigenvalue weighted by Crippen LogP contribution is 2.29. The van der Waals surface area contributed by atoms with Gasteiger partial charge in [0.2, 0.25) is 0 Å². The van der Waals surface area contributed by atoms with Crippen molar-refractivity contribution in [1.82, 2.24) is 0 Å². The SMILES string of the molecule is CC(C)c1ccc(O)c(C(C)C(=O)O)c1. The highest BCUT2D eigenvalue weighted by molar-refractivity contribution is 5.76. The number of aliphatic carboxylic acids is 1. The lowest BCUT2D eigenvalue weighted by atomic mass is 9.94. The van der Waals surface area contributed by atoms with Crippen LogP contribution in [0.5, 0.6) is 5.75 Å². The molecule has 1 atom stereocenters. The van der Waals surface area contributed by atoms with E-state index in [0.29, 0.717) is 11.5 Å². The Morgan fingerprint density at radius 1 is 1.27 bits per heavy atom. The molecule has 0 heterocycles. The highest BCUT2D eigenvalue weighted by Gasteiger charge is 2.18. The third kappa shape index (κ3) is 2.49. The number of carbonyl (C=O) groups is 1. The average Bonchev–Trinajstić information content (AvgIpc) is 2.16. The molecule has 1 aromatic rings. The van der Waals surface area contributed by atoms with Crippen LogP contribution >= 0.6 is 0 Å². The van der Waals surface area contributed by atoms with Crippen LogP contribution in [0.25, 0.3) is 0 Å². The zero-order valence-corrected chi connectivity index (χ0v) is 9.19. The van der Waals surface area contributed by atoms with E-state index in [-0.39, 0.29) is 5.75 Å². The van der Waals surface area contributed by atoms with Gasteiger partial charge in [-0.25, -0.2) is 0 Å². The van der Waals surface area contributed by atoms with Crippen molar-refractivity contribution in [2.24, 2.45) is 0 Å². The van der Waals surface area contributed by atoms with Crippen molar-refractivity contribution in [2.45, 2.75) is 32.6 Å². The Morgan fingerprint density at radius 3 is 2.33 bits per heavy atom. The van der Waals surface area contributed by atoms with Gasteiger partial charge >= 0.3 is 5.97 Å². The smallest absolute Gasteiger partial charge is 0.310 e. The molecule has 0 aliphatic heterocycles. The third-order valence-electron chi connectivity index (χ3n) is 2.56. The minimum absolute atomic E-state index is 0.0503. The lowest BCUT2D eigenvalue weighted by Gasteiger charge is -2.12. The largest absolute Gasteiger partial charge is 0.508 e. The van der Waals surface area contributed by atoms with Crippen LogP contribution in [-0.2, 0) is 4.79 Å².